The molecule has 1 saturated heterocycles. The Morgan fingerprint density at radius 3 is 2.38 bits per heavy atom. The van der Waals surface area contributed by atoms with E-state index in [1.807, 2.05) is 27.7 Å². The number of carbonyl (C=O) groups excluding carboxylic acids is 2. The van der Waals surface area contributed by atoms with Crippen molar-refractivity contribution in [2.45, 2.75) is 91.4 Å². The molecule has 1 spiro atoms. The fraction of sp³-hybridized carbons (Fsp3) is 0.630. The van der Waals surface area contributed by atoms with Crippen LogP contribution in [-0.4, -0.2) is 55.0 Å². The van der Waals surface area contributed by atoms with Gasteiger partial charge in [-0.2, -0.15) is 0 Å². The third-order valence-corrected chi connectivity index (χ3v) is 6.89. The van der Waals surface area contributed by atoms with Crippen molar-refractivity contribution in [3.63, 3.8) is 0 Å². The zero-order valence-corrected chi connectivity index (χ0v) is 22.1. The molecule has 0 aromatic heterocycles. The Labute approximate surface area is 203 Å². The van der Waals surface area contributed by atoms with Crippen molar-refractivity contribution in [3.05, 3.63) is 45.5 Å². The molecule has 0 N–H and O–H groups in total. The first-order chi connectivity index (χ1) is 15.8. The first-order valence-corrected chi connectivity index (χ1v) is 11.9. The summed E-state index contributed by atoms with van der Waals surface area (Å²) in [6.07, 6.45) is 4.23. The molecule has 2 aliphatic heterocycles. The van der Waals surface area contributed by atoms with E-state index in [4.69, 9.17) is 18.9 Å². The molecule has 1 fully saturated rings. The number of hydrogen-bond acceptors (Lipinski definition) is 6. The Kier molecular flexibility index (Phi) is 7.25. The van der Waals surface area contributed by atoms with Crippen LogP contribution in [0.15, 0.2) is 45.5 Å². The van der Waals surface area contributed by atoms with E-state index in [9.17, 15) is 9.59 Å². The van der Waals surface area contributed by atoms with Crippen molar-refractivity contribution in [1.29, 1.82) is 0 Å². The zero-order valence-electron chi connectivity index (χ0n) is 22.1. The van der Waals surface area contributed by atoms with Crippen LogP contribution in [-0.2, 0) is 23.7 Å². The van der Waals surface area contributed by atoms with Gasteiger partial charge in [-0.15, -0.1) is 0 Å². The standard InChI is InChI=1S/C27H39NO6/c1-16-12-17(2)21(13-18(3)31-8)20-10-11-27(33-23(20)19(16)4)14-22(24(29)32-9)28(15-27)25(30)34-26(5,6)7/h13,22H,10-12,14-15H2,1-9H3. The van der Waals surface area contributed by atoms with Gasteiger partial charge in [-0.3, -0.25) is 4.90 Å². The van der Waals surface area contributed by atoms with Gasteiger partial charge in [0.25, 0.3) is 0 Å². The molecule has 1 aliphatic carbocycles. The first-order valence-electron chi connectivity index (χ1n) is 11.9. The molecular weight excluding hydrogens is 434 g/mol. The second-order valence-electron chi connectivity index (χ2n) is 10.7. The van der Waals surface area contributed by atoms with Crippen molar-refractivity contribution < 1.29 is 28.5 Å². The van der Waals surface area contributed by atoms with Gasteiger partial charge in [-0.25, -0.2) is 9.59 Å². The van der Waals surface area contributed by atoms with Crippen LogP contribution in [0.1, 0.15) is 74.1 Å². The summed E-state index contributed by atoms with van der Waals surface area (Å²) in [7, 11) is 3.01. The highest BCUT2D eigenvalue weighted by atomic mass is 16.6. The molecule has 0 bridgehead atoms. The lowest BCUT2D eigenvalue weighted by Crippen LogP contribution is -2.45. The second kappa shape index (κ2) is 9.51. The summed E-state index contributed by atoms with van der Waals surface area (Å²) >= 11 is 0. The van der Waals surface area contributed by atoms with Gasteiger partial charge in [0.05, 0.1) is 26.5 Å². The molecule has 7 heteroatoms. The second-order valence-corrected chi connectivity index (χ2v) is 10.7. The fourth-order valence-electron chi connectivity index (χ4n) is 4.97. The van der Waals surface area contributed by atoms with E-state index in [-0.39, 0.29) is 6.54 Å². The molecule has 2 atom stereocenters. The number of carbonyl (C=O) groups is 2. The van der Waals surface area contributed by atoms with Crippen LogP contribution in [0, 0.1) is 0 Å². The highest BCUT2D eigenvalue weighted by molar-refractivity contribution is 5.82. The molecule has 2 heterocycles. The number of ether oxygens (including phenoxy) is 4. The predicted molar refractivity (Wildman–Crippen MR) is 130 cm³/mol. The van der Waals surface area contributed by atoms with E-state index in [2.05, 4.69) is 26.8 Å². The summed E-state index contributed by atoms with van der Waals surface area (Å²) in [6.45, 7) is 14.0. The Balaban J connectivity index is 2.02. The molecule has 2 unspecified atom stereocenters. The largest absolute Gasteiger partial charge is 0.501 e. The smallest absolute Gasteiger partial charge is 0.411 e. The van der Waals surface area contributed by atoms with Crippen LogP contribution in [0.5, 0.6) is 0 Å². The van der Waals surface area contributed by atoms with Crippen molar-refractivity contribution in [2.75, 3.05) is 20.8 Å². The van der Waals surface area contributed by atoms with Gasteiger partial charge in [0.2, 0.25) is 0 Å². The number of allylic oxidation sites excluding steroid dienone is 7. The number of likely N-dealkylation sites (tertiary alicyclic amines) is 1. The molecule has 0 radical (unpaired) electrons. The molecule has 188 valence electrons. The van der Waals surface area contributed by atoms with Gasteiger partial charge in [-0.05, 0) is 85.0 Å². The summed E-state index contributed by atoms with van der Waals surface area (Å²) in [5.74, 6) is 1.23. The average molecular weight is 474 g/mol. The fourth-order valence-corrected chi connectivity index (χ4v) is 4.97. The number of nitrogens with zero attached hydrogens (tertiary/aromatic N) is 1. The maximum Gasteiger partial charge on any atom is 0.411 e. The number of amides is 1. The molecule has 7 nitrogen and oxygen atoms in total. The molecule has 0 aromatic carbocycles. The van der Waals surface area contributed by atoms with E-state index < -0.39 is 29.3 Å². The highest BCUT2D eigenvalue weighted by Crippen LogP contribution is 2.47. The number of rotatable bonds is 3. The SMILES string of the molecule is COC(=O)C1CC2(CCC3=C(O2)C(C)=C(C)CC(C)=C3C=C(C)OC)CN1C(=O)OC(C)(C)C. The molecule has 1 amide bonds. The minimum atomic E-state index is -0.745. The lowest BCUT2D eigenvalue weighted by Gasteiger charge is -2.38. The van der Waals surface area contributed by atoms with Crippen LogP contribution < -0.4 is 0 Å². The van der Waals surface area contributed by atoms with E-state index >= 15 is 0 Å². The molecule has 3 rings (SSSR count). The topological polar surface area (TPSA) is 74.3 Å². The molecular formula is C27H39NO6. The van der Waals surface area contributed by atoms with E-state index in [1.165, 1.54) is 23.2 Å². The number of esters is 1. The third kappa shape index (κ3) is 5.18. The van der Waals surface area contributed by atoms with Crippen LogP contribution in [0.4, 0.5) is 4.79 Å². The zero-order chi connectivity index (χ0) is 25.4. The number of methoxy groups -OCH3 is 2. The third-order valence-electron chi connectivity index (χ3n) is 6.89. The van der Waals surface area contributed by atoms with Crippen LogP contribution in [0.3, 0.4) is 0 Å². The van der Waals surface area contributed by atoms with Gasteiger partial charge in [0.1, 0.15) is 23.0 Å². The highest BCUT2D eigenvalue weighted by Gasteiger charge is 2.54. The van der Waals surface area contributed by atoms with Gasteiger partial charge < -0.3 is 18.9 Å². The minimum absolute atomic E-state index is 0.274. The summed E-state index contributed by atoms with van der Waals surface area (Å²) in [5.41, 5.74) is 4.57. The lowest BCUT2D eigenvalue weighted by molar-refractivity contribution is -0.145. The van der Waals surface area contributed by atoms with E-state index in [0.29, 0.717) is 12.8 Å². The predicted octanol–water partition coefficient (Wildman–Crippen LogP) is 5.58. The molecule has 0 aromatic rings. The van der Waals surface area contributed by atoms with Crippen molar-refractivity contribution in [1.82, 2.24) is 4.90 Å². The van der Waals surface area contributed by atoms with Crippen molar-refractivity contribution in [3.8, 4) is 0 Å². The quantitative estimate of drug-likeness (QED) is 0.394. The van der Waals surface area contributed by atoms with Gasteiger partial charge >= 0.3 is 12.1 Å². The number of hydrogen-bond donors (Lipinski definition) is 0. The Hall–Kier alpha value is -2.70. The lowest BCUT2D eigenvalue weighted by atomic mass is 9.84. The van der Waals surface area contributed by atoms with Crippen LogP contribution >= 0.6 is 0 Å². The summed E-state index contributed by atoms with van der Waals surface area (Å²) < 4.78 is 22.9. The Morgan fingerprint density at radius 2 is 1.79 bits per heavy atom. The molecule has 34 heavy (non-hydrogen) atoms. The van der Waals surface area contributed by atoms with E-state index in [0.717, 1.165) is 41.1 Å². The summed E-state index contributed by atoms with van der Waals surface area (Å²) in [4.78, 5) is 27.1. The van der Waals surface area contributed by atoms with Crippen LogP contribution in [0.25, 0.3) is 0 Å². The van der Waals surface area contributed by atoms with Crippen molar-refractivity contribution in [2.24, 2.45) is 0 Å². The van der Waals surface area contributed by atoms with Gasteiger partial charge in [0, 0.05) is 12.0 Å². The average Bonchev–Trinajstić information content (AvgIpc) is 3.10. The maximum atomic E-state index is 13.0. The summed E-state index contributed by atoms with van der Waals surface area (Å²) in [6, 6.07) is -0.745. The maximum absolute atomic E-state index is 13.0. The molecule has 3 aliphatic rings. The van der Waals surface area contributed by atoms with E-state index in [1.54, 1.807) is 7.11 Å². The first kappa shape index (κ1) is 25.9. The normalized spacial score (nSPS) is 25.9. The van der Waals surface area contributed by atoms with Crippen LogP contribution in [0.2, 0.25) is 0 Å². The Bertz CT molecular complexity index is 993. The summed E-state index contributed by atoms with van der Waals surface area (Å²) in [5, 5.41) is 0. The molecule has 0 saturated carbocycles. The van der Waals surface area contributed by atoms with Gasteiger partial charge in [0.15, 0.2) is 0 Å². The van der Waals surface area contributed by atoms with Gasteiger partial charge in [-0.1, -0.05) is 11.1 Å². The Morgan fingerprint density at radius 1 is 1.12 bits per heavy atom. The monoisotopic (exact) mass is 473 g/mol. The minimum Gasteiger partial charge on any atom is -0.501 e. The van der Waals surface area contributed by atoms with Crippen molar-refractivity contribution >= 4 is 12.1 Å².